The van der Waals surface area contributed by atoms with E-state index in [1.807, 2.05) is 5.38 Å². The standard InChI is InChI=1S/C21H26N4O3S/c1-12-9-14(3)15(10-13(12)2)16-11-29-19(22-16)23-17(26)7-6-8-25-18(27)21(4,5)24-20(25)28/h9-11H,6-8H2,1-5H3,(H,24,28)(H,22,23,26). The van der Waals surface area contributed by atoms with E-state index in [1.165, 1.54) is 22.5 Å². The van der Waals surface area contributed by atoms with Crippen molar-refractivity contribution in [3.63, 3.8) is 0 Å². The summed E-state index contributed by atoms with van der Waals surface area (Å²) in [7, 11) is 0. The van der Waals surface area contributed by atoms with Crippen molar-refractivity contribution in [3.05, 3.63) is 34.2 Å². The normalized spacial score (nSPS) is 15.6. The molecule has 0 atom stereocenters. The zero-order valence-corrected chi connectivity index (χ0v) is 18.2. The number of benzene rings is 1. The molecule has 1 aromatic carbocycles. The summed E-state index contributed by atoms with van der Waals surface area (Å²) in [6.45, 7) is 9.75. The van der Waals surface area contributed by atoms with Crippen molar-refractivity contribution in [1.82, 2.24) is 15.2 Å². The van der Waals surface area contributed by atoms with Gasteiger partial charge in [0.05, 0.1) is 5.69 Å². The molecule has 154 valence electrons. The van der Waals surface area contributed by atoms with Crippen LogP contribution in [0.3, 0.4) is 0 Å². The minimum atomic E-state index is -0.886. The van der Waals surface area contributed by atoms with Gasteiger partial charge in [0.2, 0.25) is 5.91 Å². The number of aromatic nitrogens is 1. The van der Waals surface area contributed by atoms with Gasteiger partial charge < -0.3 is 10.6 Å². The molecule has 1 aliphatic heterocycles. The highest BCUT2D eigenvalue weighted by molar-refractivity contribution is 7.14. The van der Waals surface area contributed by atoms with Gasteiger partial charge in [-0.15, -0.1) is 11.3 Å². The maximum Gasteiger partial charge on any atom is 0.325 e. The first-order valence-corrected chi connectivity index (χ1v) is 10.4. The highest BCUT2D eigenvalue weighted by atomic mass is 32.1. The fraction of sp³-hybridized carbons (Fsp3) is 0.429. The van der Waals surface area contributed by atoms with Crippen LogP contribution in [-0.2, 0) is 9.59 Å². The third kappa shape index (κ3) is 4.48. The number of hydrogen-bond acceptors (Lipinski definition) is 5. The second-order valence-electron chi connectivity index (χ2n) is 7.95. The molecule has 0 aliphatic carbocycles. The summed E-state index contributed by atoms with van der Waals surface area (Å²) in [6.07, 6.45) is 0.602. The summed E-state index contributed by atoms with van der Waals surface area (Å²) in [5.74, 6) is -0.453. The number of anilines is 1. The second-order valence-corrected chi connectivity index (χ2v) is 8.81. The van der Waals surface area contributed by atoms with Crippen LogP contribution in [0.1, 0.15) is 43.4 Å². The van der Waals surface area contributed by atoms with Crippen molar-refractivity contribution in [2.24, 2.45) is 0 Å². The van der Waals surface area contributed by atoms with E-state index in [-0.39, 0.29) is 24.8 Å². The van der Waals surface area contributed by atoms with Crippen LogP contribution < -0.4 is 10.6 Å². The molecule has 2 heterocycles. The fourth-order valence-corrected chi connectivity index (χ4v) is 4.02. The van der Waals surface area contributed by atoms with Gasteiger partial charge in [-0.3, -0.25) is 14.5 Å². The minimum Gasteiger partial charge on any atom is -0.324 e. The van der Waals surface area contributed by atoms with Gasteiger partial charge >= 0.3 is 6.03 Å². The van der Waals surface area contributed by atoms with E-state index in [2.05, 4.69) is 48.5 Å². The average molecular weight is 415 g/mol. The van der Waals surface area contributed by atoms with Gasteiger partial charge in [-0.1, -0.05) is 6.07 Å². The predicted molar refractivity (Wildman–Crippen MR) is 114 cm³/mol. The maximum absolute atomic E-state index is 12.2. The van der Waals surface area contributed by atoms with E-state index < -0.39 is 11.6 Å². The second kappa shape index (κ2) is 7.94. The van der Waals surface area contributed by atoms with Crippen LogP contribution in [-0.4, -0.2) is 39.8 Å². The number of urea groups is 1. The highest BCUT2D eigenvalue weighted by Gasteiger charge is 2.43. The van der Waals surface area contributed by atoms with Crippen LogP contribution in [0.15, 0.2) is 17.5 Å². The molecule has 0 spiro atoms. The number of hydrogen-bond donors (Lipinski definition) is 2. The molecule has 0 unspecified atom stereocenters. The van der Waals surface area contributed by atoms with E-state index in [0.717, 1.165) is 21.7 Å². The van der Waals surface area contributed by atoms with E-state index >= 15 is 0 Å². The van der Waals surface area contributed by atoms with E-state index in [1.54, 1.807) is 13.8 Å². The Bertz CT molecular complexity index is 980. The molecule has 7 nitrogen and oxygen atoms in total. The molecular formula is C21H26N4O3S. The van der Waals surface area contributed by atoms with Gasteiger partial charge in [0.25, 0.3) is 5.91 Å². The molecule has 1 aromatic heterocycles. The molecule has 8 heteroatoms. The van der Waals surface area contributed by atoms with E-state index in [0.29, 0.717) is 11.6 Å². The van der Waals surface area contributed by atoms with Crippen molar-refractivity contribution in [2.75, 3.05) is 11.9 Å². The van der Waals surface area contributed by atoms with Gasteiger partial charge in [0.1, 0.15) is 5.54 Å². The Labute approximate surface area is 174 Å². The van der Waals surface area contributed by atoms with Gasteiger partial charge in [0.15, 0.2) is 5.13 Å². The van der Waals surface area contributed by atoms with Crippen LogP contribution >= 0.6 is 11.3 Å². The first-order valence-electron chi connectivity index (χ1n) is 9.56. The van der Waals surface area contributed by atoms with Crippen LogP contribution in [0.25, 0.3) is 11.3 Å². The number of amides is 4. The number of carbonyl (C=O) groups excluding carboxylic acids is 3. The molecule has 0 radical (unpaired) electrons. The third-order valence-electron chi connectivity index (χ3n) is 5.10. The summed E-state index contributed by atoms with van der Waals surface area (Å²) in [5.41, 5.74) is 4.60. The predicted octanol–water partition coefficient (Wildman–Crippen LogP) is 3.78. The van der Waals surface area contributed by atoms with Gasteiger partial charge in [0, 0.05) is 23.9 Å². The number of rotatable bonds is 6. The zero-order valence-electron chi connectivity index (χ0n) is 17.4. The molecule has 3 rings (SSSR count). The van der Waals surface area contributed by atoms with Crippen LogP contribution in [0.2, 0.25) is 0 Å². The van der Waals surface area contributed by atoms with Gasteiger partial charge in [-0.2, -0.15) is 0 Å². The number of nitrogens with one attached hydrogen (secondary N) is 2. The molecule has 2 aromatic rings. The summed E-state index contributed by atoms with van der Waals surface area (Å²) in [5, 5.41) is 7.91. The molecule has 2 N–H and O–H groups in total. The highest BCUT2D eigenvalue weighted by Crippen LogP contribution is 2.29. The topological polar surface area (TPSA) is 91.4 Å². The maximum atomic E-state index is 12.2. The first-order chi connectivity index (χ1) is 13.6. The first kappa shape index (κ1) is 21.0. The number of thiazole rings is 1. The number of imide groups is 1. The Morgan fingerprint density at radius 2 is 1.86 bits per heavy atom. The van der Waals surface area contributed by atoms with Crippen molar-refractivity contribution in [1.29, 1.82) is 0 Å². The Hall–Kier alpha value is -2.74. The summed E-state index contributed by atoms with van der Waals surface area (Å²) in [6, 6.07) is 3.85. The minimum absolute atomic E-state index is 0.186. The lowest BCUT2D eigenvalue weighted by Gasteiger charge is -2.15. The van der Waals surface area contributed by atoms with Crippen LogP contribution in [0.4, 0.5) is 9.93 Å². The van der Waals surface area contributed by atoms with E-state index in [4.69, 9.17) is 0 Å². The van der Waals surface area contributed by atoms with Crippen molar-refractivity contribution in [3.8, 4) is 11.3 Å². The number of aryl methyl sites for hydroxylation is 3. The molecule has 1 saturated heterocycles. The number of carbonyl (C=O) groups is 3. The third-order valence-corrected chi connectivity index (χ3v) is 5.85. The Kier molecular flexibility index (Phi) is 5.75. The van der Waals surface area contributed by atoms with Gasteiger partial charge in [-0.25, -0.2) is 9.78 Å². The monoisotopic (exact) mass is 414 g/mol. The Morgan fingerprint density at radius 3 is 2.52 bits per heavy atom. The Balaban J connectivity index is 1.55. The average Bonchev–Trinajstić information content (AvgIpc) is 3.15. The van der Waals surface area contributed by atoms with E-state index in [9.17, 15) is 14.4 Å². The SMILES string of the molecule is Cc1cc(C)c(-c2csc(NC(=O)CCCN3C(=O)NC(C)(C)C3=O)n2)cc1C. The van der Waals surface area contributed by atoms with Crippen LogP contribution in [0, 0.1) is 20.8 Å². The lowest BCUT2D eigenvalue weighted by Crippen LogP contribution is -2.40. The summed E-state index contributed by atoms with van der Waals surface area (Å²) in [4.78, 5) is 42.0. The summed E-state index contributed by atoms with van der Waals surface area (Å²) < 4.78 is 0. The van der Waals surface area contributed by atoms with Gasteiger partial charge in [-0.05, 0) is 63.8 Å². The molecular weight excluding hydrogens is 388 g/mol. The molecule has 1 aliphatic rings. The van der Waals surface area contributed by atoms with Crippen molar-refractivity contribution in [2.45, 2.75) is 53.0 Å². The smallest absolute Gasteiger partial charge is 0.324 e. The molecule has 0 saturated carbocycles. The summed E-state index contributed by atoms with van der Waals surface area (Å²) >= 11 is 1.38. The largest absolute Gasteiger partial charge is 0.325 e. The van der Waals surface area contributed by atoms with Crippen molar-refractivity contribution < 1.29 is 14.4 Å². The lowest BCUT2D eigenvalue weighted by atomic mass is 9.99. The number of nitrogens with zero attached hydrogens (tertiary/aromatic N) is 2. The Morgan fingerprint density at radius 1 is 1.17 bits per heavy atom. The molecule has 0 bridgehead atoms. The molecule has 4 amide bonds. The van der Waals surface area contributed by atoms with Crippen molar-refractivity contribution >= 4 is 34.3 Å². The van der Waals surface area contributed by atoms with Crippen LogP contribution in [0.5, 0.6) is 0 Å². The molecule has 29 heavy (non-hydrogen) atoms. The quantitative estimate of drug-likeness (QED) is 0.704. The lowest BCUT2D eigenvalue weighted by molar-refractivity contribution is -0.130. The molecule has 1 fully saturated rings. The fourth-order valence-electron chi connectivity index (χ4n) is 3.29. The zero-order chi connectivity index (χ0) is 21.3.